The van der Waals surface area contributed by atoms with Gasteiger partial charge in [0, 0.05) is 12.7 Å². The van der Waals surface area contributed by atoms with E-state index in [9.17, 15) is 4.79 Å². The lowest BCUT2D eigenvalue weighted by Gasteiger charge is -2.18. The molecule has 2 heterocycles. The molecule has 0 aliphatic heterocycles. The Labute approximate surface area is 105 Å². The minimum atomic E-state index is -0.125. The molecule has 18 heavy (non-hydrogen) atoms. The molecule has 94 valence electrons. The lowest BCUT2D eigenvalue weighted by Crippen LogP contribution is -2.31. The molecular formula is C12H14N4O2. The largest absolute Gasteiger partial charge is 0.331 e. The van der Waals surface area contributed by atoms with E-state index in [4.69, 9.17) is 0 Å². The fraction of sp³-hybridized carbons (Fsp3) is 0.333. The molecule has 1 amide bonds. The third-order valence-electron chi connectivity index (χ3n) is 2.64. The standard InChI is InChI=1S/C12H14N4O2/c1-3-16(8-11-9(2)14-18-15-11)12(17)10-6-4-5-7-13-10/h4-7H,3,8H2,1-2H3. The first kappa shape index (κ1) is 12.2. The van der Waals surface area contributed by atoms with E-state index in [0.717, 1.165) is 0 Å². The fourth-order valence-corrected chi connectivity index (χ4v) is 1.55. The summed E-state index contributed by atoms with van der Waals surface area (Å²) < 4.78 is 4.62. The van der Waals surface area contributed by atoms with E-state index in [2.05, 4.69) is 19.9 Å². The van der Waals surface area contributed by atoms with Crippen LogP contribution in [0.4, 0.5) is 0 Å². The van der Waals surface area contributed by atoms with Crippen molar-refractivity contribution >= 4 is 5.91 Å². The van der Waals surface area contributed by atoms with Crippen molar-refractivity contribution in [1.29, 1.82) is 0 Å². The molecule has 2 aromatic rings. The Morgan fingerprint density at radius 3 is 2.78 bits per heavy atom. The van der Waals surface area contributed by atoms with Crippen molar-refractivity contribution in [1.82, 2.24) is 20.2 Å². The van der Waals surface area contributed by atoms with Gasteiger partial charge < -0.3 is 4.90 Å². The number of carbonyl (C=O) groups excluding carboxylic acids is 1. The van der Waals surface area contributed by atoms with Gasteiger partial charge in [0.2, 0.25) is 0 Å². The molecule has 0 radical (unpaired) electrons. The molecule has 2 aromatic heterocycles. The average molecular weight is 246 g/mol. The van der Waals surface area contributed by atoms with Gasteiger partial charge in [0.05, 0.1) is 6.54 Å². The third kappa shape index (κ3) is 2.53. The van der Waals surface area contributed by atoms with Crippen LogP contribution in [0.2, 0.25) is 0 Å². The maximum Gasteiger partial charge on any atom is 0.272 e. The first-order valence-corrected chi connectivity index (χ1v) is 5.70. The predicted octanol–water partition coefficient (Wildman–Crippen LogP) is 1.44. The second-order valence-electron chi connectivity index (χ2n) is 3.83. The topological polar surface area (TPSA) is 72.1 Å². The SMILES string of the molecule is CCN(Cc1nonc1C)C(=O)c1ccccn1. The molecule has 0 N–H and O–H groups in total. The summed E-state index contributed by atoms with van der Waals surface area (Å²) in [6.07, 6.45) is 1.60. The molecule has 0 bridgehead atoms. The quantitative estimate of drug-likeness (QED) is 0.816. The van der Waals surface area contributed by atoms with Crippen LogP contribution in [0.5, 0.6) is 0 Å². The highest BCUT2D eigenvalue weighted by atomic mass is 16.6. The van der Waals surface area contributed by atoms with Crippen molar-refractivity contribution in [3.63, 3.8) is 0 Å². The van der Waals surface area contributed by atoms with Crippen LogP contribution in [0.25, 0.3) is 0 Å². The van der Waals surface area contributed by atoms with Crippen LogP contribution in [0.3, 0.4) is 0 Å². The zero-order valence-corrected chi connectivity index (χ0v) is 10.3. The molecule has 0 aliphatic carbocycles. The number of carbonyl (C=O) groups is 1. The van der Waals surface area contributed by atoms with E-state index < -0.39 is 0 Å². The van der Waals surface area contributed by atoms with E-state index in [1.54, 1.807) is 36.2 Å². The minimum Gasteiger partial charge on any atom is -0.331 e. The molecule has 0 spiro atoms. The van der Waals surface area contributed by atoms with Crippen molar-refractivity contribution in [3.8, 4) is 0 Å². The zero-order valence-electron chi connectivity index (χ0n) is 10.3. The number of nitrogens with zero attached hydrogens (tertiary/aromatic N) is 4. The van der Waals surface area contributed by atoms with Gasteiger partial charge in [-0.3, -0.25) is 9.78 Å². The molecular weight excluding hydrogens is 232 g/mol. The van der Waals surface area contributed by atoms with Gasteiger partial charge in [0.1, 0.15) is 17.1 Å². The summed E-state index contributed by atoms with van der Waals surface area (Å²) in [5.74, 6) is -0.125. The molecule has 0 saturated heterocycles. The number of rotatable bonds is 4. The van der Waals surface area contributed by atoms with Crippen LogP contribution in [-0.4, -0.2) is 32.6 Å². The Hall–Kier alpha value is -2.24. The molecule has 0 aliphatic rings. The number of hydrogen-bond donors (Lipinski definition) is 0. The molecule has 0 aromatic carbocycles. The fourth-order valence-electron chi connectivity index (χ4n) is 1.55. The monoisotopic (exact) mass is 246 g/mol. The van der Waals surface area contributed by atoms with Gasteiger partial charge in [-0.1, -0.05) is 16.4 Å². The van der Waals surface area contributed by atoms with E-state index in [-0.39, 0.29) is 5.91 Å². The minimum absolute atomic E-state index is 0.125. The van der Waals surface area contributed by atoms with E-state index >= 15 is 0 Å². The van der Waals surface area contributed by atoms with Crippen LogP contribution < -0.4 is 0 Å². The van der Waals surface area contributed by atoms with Gasteiger partial charge >= 0.3 is 0 Å². The van der Waals surface area contributed by atoms with Crippen LogP contribution >= 0.6 is 0 Å². The van der Waals surface area contributed by atoms with Gasteiger partial charge in [0.15, 0.2) is 0 Å². The average Bonchev–Trinajstić information content (AvgIpc) is 2.81. The van der Waals surface area contributed by atoms with Crippen molar-refractivity contribution < 1.29 is 9.42 Å². The molecule has 6 nitrogen and oxygen atoms in total. The Morgan fingerprint density at radius 2 is 2.22 bits per heavy atom. The molecule has 0 fully saturated rings. The molecule has 6 heteroatoms. The number of aromatic nitrogens is 3. The summed E-state index contributed by atoms with van der Waals surface area (Å²) >= 11 is 0. The third-order valence-corrected chi connectivity index (χ3v) is 2.64. The Bertz CT molecular complexity index is 524. The van der Waals surface area contributed by atoms with Crippen molar-refractivity contribution in [2.75, 3.05) is 6.54 Å². The highest BCUT2D eigenvalue weighted by molar-refractivity contribution is 5.92. The summed E-state index contributed by atoms with van der Waals surface area (Å²) in [5.41, 5.74) is 1.79. The summed E-state index contributed by atoms with van der Waals surface area (Å²) in [4.78, 5) is 17.9. The molecule has 0 unspecified atom stereocenters. The number of amides is 1. The Morgan fingerprint density at radius 1 is 1.39 bits per heavy atom. The van der Waals surface area contributed by atoms with E-state index in [0.29, 0.717) is 30.2 Å². The molecule has 0 saturated carbocycles. The zero-order chi connectivity index (χ0) is 13.0. The normalized spacial score (nSPS) is 10.3. The maximum atomic E-state index is 12.2. The van der Waals surface area contributed by atoms with Crippen LogP contribution in [0.1, 0.15) is 28.8 Å². The van der Waals surface area contributed by atoms with Crippen LogP contribution in [0.15, 0.2) is 29.0 Å². The maximum absolute atomic E-state index is 12.2. The van der Waals surface area contributed by atoms with Gasteiger partial charge in [0.25, 0.3) is 5.91 Å². The van der Waals surface area contributed by atoms with Crippen LogP contribution in [-0.2, 0) is 6.54 Å². The number of aryl methyl sites for hydroxylation is 1. The summed E-state index contributed by atoms with van der Waals surface area (Å²) in [5, 5.41) is 7.48. The molecule has 0 atom stereocenters. The predicted molar refractivity (Wildman–Crippen MR) is 63.7 cm³/mol. The van der Waals surface area contributed by atoms with Gasteiger partial charge in [-0.25, -0.2) is 4.63 Å². The second kappa shape index (κ2) is 5.39. The molecule has 2 rings (SSSR count). The van der Waals surface area contributed by atoms with Crippen molar-refractivity contribution in [3.05, 3.63) is 41.5 Å². The Balaban J connectivity index is 2.15. The van der Waals surface area contributed by atoms with Crippen LogP contribution in [0, 0.1) is 6.92 Å². The Kier molecular flexibility index (Phi) is 3.66. The summed E-state index contributed by atoms with van der Waals surface area (Å²) in [6.45, 7) is 4.65. The van der Waals surface area contributed by atoms with Gasteiger partial charge in [-0.05, 0) is 26.0 Å². The van der Waals surface area contributed by atoms with Crippen molar-refractivity contribution in [2.45, 2.75) is 20.4 Å². The number of hydrogen-bond acceptors (Lipinski definition) is 5. The highest BCUT2D eigenvalue weighted by Crippen LogP contribution is 2.08. The van der Waals surface area contributed by atoms with Crippen molar-refractivity contribution in [2.24, 2.45) is 0 Å². The van der Waals surface area contributed by atoms with Gasteiger partial charge in [-0.2, -0.15) is 0 Å². The summed E-state index contributed by atoms with van der Waals surface area (Å²) in [6, 6.07) is 5.26. The van der Waals surface area contributed by atoms with E-state index in [1.165, 1.54) is 0 Å². The first-order chi connectivity index (χ1) is 8.72. The number of pyridine rings is 1. The first-order valence-electron chi connectivity index (χ1n) is 5.70. The lowest BCUT2D eigenvalue weighted by atomic mass is 10.2. The van der Waals surface area contributed by atoms with Gasteiger partial charge in [-0.15, -0.1) is 0 Å². The lowest BCUT2D eigenvalue weighted by molar-refractivity contribution is 0.0743. The van der Waals surface area contributed by atoms with E-state index in [1.807, 2.05) is 6.92 Å². The highest BCUT2D eigenvalue weighted by Gasteiger charge is 2.18. The smallest absolute Gasteiger partial charge is 0.272 e. The second-order valence-corrected chi connectivity index (χ2v) is 3.83. The summed E-state index contributed by atoms with van der Waals surface area (Å²) in [7, 11) is 0.